The summed E-state index contributed by atoms with van der Waals surface area (Å²) in [6, 6.07) is 14.9. The highest BCUT2D eigenvalue weighted by molar-refractivity contribution is 14.1. The van der Waals surface area contributed by atoms with Crippen LogP contribution in [0, 0.1) is 9.49 Å². The van der Waals surface area contributed by atoms with Gasteiger partial charge in [-0.25, -0.2) is 0 Å². The molecule has 2 aromatic rings. The monoisotopic (exact) mass is 436 g/mol. The van der Waals surface area contributed by atoms with Gasteiger partial charge in [-0.3, -0.25) is 9.59 Å². The van der Waals surface area contributed by atoms with E-state index < -0.39 is 0 Å². The maximum Gasteiger partial charge on any atom is 0.229 e. The number of ether oxygens (including phenoxy) is 1. The van der Waals surface area contributed by atoms with Crippen molar-refractivity contribution >= 4 is 45.8 Å². The van der Waals surface area contributed by atoms with Gasteiger partial charge in [0, 0.05) is 22.2 Å². The van der Waals surface area contributed by atoms with E-state index in [1.807, 2.05) is 48.5 Å². The van der Waals surface area contributed by atoms with Gasteiger partial charge in [0.15, 0.2) is 0 Å². The smallest absolute Gasteiger partial charge is 0.229 e. The minimum atomic E-state index is -0.373. The number of methoxy groups -OCH3 is 1. The van der Waals surface area contributed by atoms with E-state index in [0.29, 0.717) is 18.0 Å². The number of nitrogens with zero attached hydrogens (tertiary/aromatic N) is 1. The molecule has 5 nitrogen and oxygen atoms in total. The van der Waals surface area contributed by atoms with Crippen LogP contribution in [0.4, 0.5) is 11.4 Å². The van der Waals surface area contributed by atoms with Crippen LogP contribution in [0.3, 0.4) is 0 Å². The van der Waals surface area contributed by atoms with Gasteiger partial charge in [-0.15, -0.1) is 0 Å². The summed E-state index contributed by atoms with van der Waals surface area (Å²) < 4.78 is 6.41. The van der Waals surface area contributed by atoms with Gasteiger partial charge in [0.1, 0.15) is 5.75 Å². The maximum atomic E-state index is 12.5. The van der Waals surface area contributed by atoms with Gasteiger partial charge in [0.25, 0.3) is 0 Å². The number of para-hydroxylation sites is 2. The van der Waals surface area contributed by atoms with Crippen molar-refractivity contribution in [2.75, 3.05) is 23.9 Å². The van der Waals surface area contributed by atoms with Crippen molar-refractivity contribution in [3.63, 3.8) is 0 Å². The molecule has 1 aliphatic rings. The van der Waals surface area contributed by atoms with E-state index in [1.165, 1.54) is 0 Å². The van der Waals surface area contributed by atoms with Crippen molar-refractivity contribution in [2.45, 2.75) is 6.42 Å². The molecule has 1 N–H and O–H groups in total. The number of benzene rings is 2. The van der Waals surface area contributed by atoms with Gasteiger partial charge < -0.3 is 15.0 Å². The van der Waals surface area contributed by atoms with Crippen LogP contribution in [0.25, 0.3) is 0 Å². The molecule has 6 heteroatoms. The summed E-state index contributed by atoms with van der Waals surface area (Å²) in [6.07, 6.45) is 0.203. The second-order valence-corrected chi connectivity index (χ2v) is 6.82. The van der Waals surface area contributed by atoms with E-state index in [2.05, 4.69) is 27.9 Å². The quantitative estimate of drug-likeness (QED) is 0.749. The molecule has 0 aliphatic carbocycles. The molecule has 0 unspecified atom stereocenters. The minimum absolute atomic E-state index is 0.0674. The van der Waals surface area contributed by atoms with Crippen molar-refractivity contribution in [2.24, 2.45) is 5.92 Å². The topological polar surface area (TPSA) is 58.6 Å². The highest BCUT2D eigenvalue weighted by atomic mass is 127. The second-order valence-electron chi connectivity index (χ2n) is 5.57. The standard InChI is InChI=1S/C18H17IN2O3/c1-24-16-5-3-2-4-15(16)21-11-12(10-17(21)22)18(23)20-14-8-6-13(19)7-9-14/h2-9,12H,10-11H2,1H3,(H,20,23)/t12-/m1/s1. The zero-order chi connectivity index (χ0) is 17.1. The lowest BCUT2D eigenvalue weighted by Gasteiger charge is -2.19. The maximum absolute atomic E-state index is 12.5. The van der Waals surface area contributed by atoms with E-state index in [-0.39, 0.29) is 24.2 Å². The first-order chi connectivity index (χ1) is 11.6. The molecule has 1 atom stereocenters. The van der Waals surface area contributed by atoms with Gasteiger partial charge in [0.2, 0.25) is 11.8 Å². The number of rotatable bonds is 4. The summed E-state index contributed by atoms with van der Waals surface area (Å²) in [5.74, 6) is 0.0513. The Morgan fingerprint density at radius 3 is 2.62 bits per heavy atom. The molecule has 2 amide bonds. The Bertz CT molecular complexity index is 761. The van der Waals surface area contributed by atoms with Gasteiger partial charge in [-0.1, -0.05) is 12.1 Å². The molecule has 0 spiro atoms. The Labute approximate surface area is 154 Å². The van der Waals surface area contributed by atoms with Crippen LogP contribution < -0.4 is 15.0 Å². The average molecular weight is 436 g/mol. The van der Waals surface area contributed by atoms with Crippen LogP contribution in [0.15, 0.2) is 48.5 Å². The number of anilines is 2. The van der Waals surface area contributed by atoms with E-state index in [9.17, 15) is 9.59 Å². The minimum Gasteiger partial charge on any atom is -0.495 e. The third-order valence-corrected chi connectivity index (χ3v) is 4.70. The Morgan fingerprint density at radius 1 is 1.21 bits per heavy atom. The third-order valence-electron chi connectivity index (χ3n) is 3.98. The van der Waals surface area contributed by atoms with Crippen molar-refractivity contribution in [3.8, 4) is 5.75 Å². The lowest BCUT2D eigenvalue weighted by molar-refractivity contribution is -0.122. The molecule has 0 bridgehead atoms. The van der Waals surface area contributed by atoms with Crippen LogP contribution in [0.5, 0.6) is 5.75 Å². The van der Waals surface area contributed by atoms with E-state index in [1.54, 1.807) is 12.0 Å². The van der Waals surface area contributed by atoms with Crippen LogP contribution in [-0.4, -0.2) is 25.5 Å². The van der Waals surface area contributed by atoms with Gasteiger partial charge in [-0.2, -0.15) is 0 Å². The first-order valence-corrected chi connectivity index (χ1v) is 8.66. The molecule has 3 rings (SSSR count). The number of carbonyl (C=O) groups excluding carboxylic acids is 2. The van der Waals surface area contributed by atoms with Crippen molar-refractivity contribution in [3.05, 3.63) is 52.1 Å². The third kappa shape index (κ3) is 3.53. The molecule has 1 saturated heterocycles. The zero-order valence-electron chi connectivity index (χ0n) is 13.2. The van der Waals surface area contributed by atoms with Crippen molar-refractivity contribution in [1.82, 2.24) is 0 Å². The Hall–Kier alpha value is -2.09. The second kappa shape index (κ2) is 7.21. The Morgan fingerprint density at radius 2 is 1.92 bits per heavy atom. The largest absolute Gasteiger partial charge is 0.495 e. The average Bonchev–Trinajstić information content (AvgIpc) is 2.98. The lowest BCUT2D eigenvalue weighted by Crippen LogP contribution is -2.28. The molecule has 1 heterocycles. The predicted molar refractivity (Wildman–Crippen MR) is 101 cm³/mol. The molecule has 0 aromatic heterocycles. The Balaban J connectivity index is 1.72. The van der Waals surface area contributed by atoms with Crippen LogP contribution in [0.2, 0.25) is 0 Å². The van der Waals surface area contributed by atoms with Gasteiger partial charge in [0.05, 0.1) is 18.7 Å². The molecule has 1 fully saturated rings. The fourth-order valence-corrected chi connectivity index (χ4v) is 3.11. The Kier molecular flexibility index (Phi) is 5.03. The van der Waals surface area contributed by atoms with E-state index >= 15 is 0 Å². The molecule has 2 aromatic carbocycles. The number of amides is 2. The molecular formula is C18H17IN2O3. The number of carbonyl (C=O) groups is 2. The van der Waals surface area contributed by atoms with E-state index in [4.69, 9.17) is 4.74 Å². The van der Waals surface area contributed by atoms with Crippen LogP contribution >= 0.6 is 22.6 Å². The summed E-state index contributed by atoms with van der Waals surface area (Å²) in [5, 5.41) is 2.88. The number of hydrogen-bond donors (Lipinski definition) is 1. The number of nitrogens with one attached hydrogen (secondary N) is 1. The fraction of sp³-hybridized carbons (Fsp3) is 0.222. The summed E-state index contributed by atoms with van der Waals surface area (Å²) in [6.45, 7) is 0.357. The summed E-state index contributed by atoms with van der Waals surface area (Å²) in [5.41, 5.74) is 1.44. The highest BCUT2D eigenvalue weighted by Crippen LogP contribution is 2.33. The highest BCUT2D eigenvalue weighted by Gasteiger charge is 2.36. The van der Waals surface area contributed by atoms with E-state index in [0.717, 1.165) is 9.26 Å². The summed E-state index contributed by atoms with van der Waals surface area (Å²) >= 11 is 2.21. The first kappa shape index (κ1) is 16.8. The summed E-state index contributed by atoms with van der Waals surface area (Å²) in [4.78, 5) is 26.4. The van der Waals surface area contributed by atoms with Gasteiger partial charge in [-0.05, 0) is 59.0 Å². The van der Waals surface area contributed by atoms with Crippen molar-refractivity contribution < 1.29 is 14.3 Å². The first-order valence-electron chi connectivity index (χ1n) is 7.58. The fourth-order valence-electron chi connectivity index (χ4n) is 2.75. The number of hydrogen-bond acceptors (Lipinski definition) is 3. The summed E-state index contributed by atoms with van der Waals surface area (Å²) in [7, 11) is 1.57. The lowest BCUT2D eigenvalue weighted by atomic mass is 10.1. The SMILES string of the molecule is COc1ccccc1N1C[C@H](C(=O)Nc2ccc(I)cc2)CC1=O. The molecule has 24 heavy (non-hydrogen) atoms. The number of halogens is 1. The predicted octanol–water partition coefficient (Wildman–Crippen LogP) is 3.29. The molecule has 124 valence electrons. The zero-order valence-corrected chi connectivity index (χ0v) is 15.3. The van der Waals surface area contributed by atoms with Crippen molar-refractivity contribution in [1.29, 1.82) is 0 Å². The molecule has 1 aliphatic heterocycles. The molecular weight excluding hydrogens is 419 g/mol. The van der Waals surface area contributed by atoms with Crippen LogP contribution in [0.1, 0.15) is 6.42 Å². The van der Waals surface area contributed by atoms with Gasteiger partial charge >= 0.3 is 0 Å². The molecule has 0 radical (unpaired) electrons. The normalized spacial score (nSPS) is 17.0. The molecule has 0 saturated carbocycles. The van der Waals surface area contributed by atoms with Crippen LogP contribution in [-0.2, 0) is 9.59 Å².